The van der Waals surface area contributed by atoms with E-state index in [0.717, 1.165) is 21.0 Å². The summed E-state index contributed by atoms with van der Waals surface area (Å²) in [4.78, 5) is 25.5. The predicted molar refractivity (Wildman–Crippen MR) is 87.2 cm³/mol. The number of benzene rings is 2. The van der Waals surface area contributed by atoms with E-state index in [1.807, 2.05) is 49.4 Å². The maximum absolute atomic E-state index is 12.1. The first-order valence-corrected chi connectivity index (χ1v) is 7.35. The Bertz CT molecular complexity index is 900. The summed E-state index contributed by atoms with van der Waals surface area (Å²) < 4.78 is 1.14. The predicted octanol–water partition coefficient (Wildman–Crippen LogP) is 2.22. The van der Waals surface area contributed by atoms with Crippen LogP contribution in [0.15, 0.2) is 48.8 Å². The Hall–Kier alpha value is -3.29. The van der Waals surface area contributed by atoms with Crippen molar-refractivity contribution >= 4 is 22.6 Å². The van der Waals surface area contributed by atoms with Crippen molar-refractivity contribution in [3.8, 4) is 0 Å². The molecule has 0 bridgehead atoms. The number of nitrogens with one attached hydrogen (secondary N) is 1. The molecule has 0 fully saturated rings. The van der Waals surface area contributed by atoms with Gasteiger partial charge in [-0.25, -0.2) is 0 Å². The van der Waals surface area contributed by atoms with Gasteiger partial charge in [0.25, 0.3) is 0 Å². The summed E-state index contributed by atoms with van der Waals surface area (Å²) in [6.45, 7) is 1.76. The van der Waals surface area contributed by atoms with Crippen molar-refractivity contribution in [1.82, 2.24) is 20.1 Å². The first-order valence-electron chi connectivity index (χ1n) is 7.35. The van der Waals surface area contributed by atoms with E-state index in [1.54, 1.807) is 0 Å². The molecule has 8 heteroatoms. The molecular formula is C16H15N5O3. The number of carbonyl (C=O) groups excluding carboxylic acids is 1. The Kier molecular flexibility index (Phi) is 4.19. The monoisotopic (exact) mass is 325 g/mol. The average molecular weight is 325 g/mol. The Balaban J connectivity index is 1.72. The largest absolute Gasteiger partial charge is 0.490 e. The second-order valence-corrected chi connectivity index (χ2v) is 5.36. The van der Waals surface area contributed by atoms with Gasteiger partial charge in [-0.15, -0.1) is 0 Å². The lowest BCUT2D eigenvalue weighted by Gasteiger charge is -2.16. The number of nitro groups is 1. The Morgan fingerprint density at radius 3 is 2.79 bits per heavy atom. The number of hydrogen-bond acceptors (Lipinski definition) is 5. The average Bonchev–Trinajstić information content (AvgIpc) is 3.02. The molecule has 3 aromatic rings. The number of amides is 1. The molecule has 0 radical (unpaired) electrons. The van der Waals surface area contributed by atoms with Gasteiger partial charge >= 0.3 is 5.95 Å². The van der Waals surface area contributed by atoms with Crippen molar-refractivity contribution in [3.05, 3.63) is 64.5 Å². The fourth-order valence-electron chi connectivity index (χ4n) is 2.58. The lowest BCUT2D eigenvalue weighted by Crippen LogP contribution is -2.30. The minimum Gasteiger partial charge on any atom is -0.390 e. The quantitative estimate of drug-likeness (QED) is 0.572. The zero-order chi connectivity index (χ0) is 17.1. The highest BCUT2D eigenvalue weighted by Crippen LogP contribution is 2.23. The molecule has 0 aliphatic carbocycles. The molecule has 0 saturated heterocycles. The van der Waals surface area contributed by atoms with Crippen molar-refractivity contribution in [1.29, 1.82) is 0 Å². The van der Waals surface area contributed by atoms with Crippen LogP contribution in [0.4, 0.5) is 5.95 Å². The van der Waals surface area contributed by atoms with Crippen molar-refractivity contribution in [2.45, 2.75) is 19.5 Å². The summed E-state index contributed by atoms with van der Waals surface area (Å²) >= 11 is 0. The molecule has 0 spiro atoms. The van der Waals surface area contributed by atoms with Gasteiger partial charge in [0.1, 0.15) is 6.54 Å². The molecule has 2 aromatic carbocycles. The topological polar surface area (TPSA) is 103 Å². The van der Waals surface area contributed by atoms with Crippen LogP contribution in [0.3, 0.4) is 0 Å². The van der Waals surface area contributed by atoms with Crippen LogP contribution in [0, 0.1) is 10.1 Å². The van der Waals surface area contributed by atoms with Crippen molar-refractivity contribution in [2.75, 3.05) is 0 Å². The van der Waals surface area contributed by atoms with Crippen LogP contribution < -0.4 is 5.32 Å². The van der Waals surface area contributed by atoms with Gasteiger partial charge < -0.3 is 15.4 Å². The standard InChI is InChI=1S/C16H15N5O3/c1-11(13-8-4-6-12-5-2-3-7-14(12)13)18-15(22)9-20-10-17-16(19-20)21(23)24/h2-8,10-11H,9H2,1H3,(H,18,22). The van der Waals surface area contributed by atoms with E-state index < -0.39 is 10.9 Å². The van der Waals surface area contributed by atoms with Crippen LogP contribution in [0.1, 0.15) is 18.5 Å². The molecule has 122 valence electrons. The molecule has 1 amide bonds. The number of hydrogen-bond donors (Lipinski definition) is 1. The van der Waals surface area contributed by atoms with Crippen LogP contribution in [0.2, 0.25) is 0 Å². The van der Waals surface area contributed by atoms with Crippen molar-refractivity contribution < 1.29 is 9.72 Å². The van der Waals surface area contributed by atoms with Crippen LogP contribution in [-0.2, 0) is 11.3 Å². The third-order valence-electron chi connectivity index (χ3n) is 3.66. The molecular weight excluding hydrogens is 310 g/mol. The zero-order valence-electron chi connectivity index (χ0n) is 12.9. The maximum atomic E-state index is 12.1. The van der Waals surface area contributed by atoms with Gasteiger partial charge in [0.05, 0.1) is 6.04 Å². The number of fused-ring (bicyclic) bond motifs is 1. The van der Waals surface area contributed by atoms with E-state index in [4.69, 9.17) is 0 Å². The lowest BCUT2D eigenvalue weighted by atomic mass is 10.00. The maximum Gasteiger partial charge on any atom is 0.490 e. The van der Waals surface area contributed by atoms with E-state index in [2.05, 4.69) is 15.4 Å². The van der Waals surface area contributed by atoms with E-state index in [-0.39, 0.29) is 18.5 Å². The molecule has 1 N–H and O–H groups in total. The molecule has 8 nitrogen and oxygen atoms in total. The molecule has 0 saturated carbocycles. The number of nitrogens with zero attached hydrogens (tertiary/aromatic N) is 4. The normalized spacial score (nSPS) is 12.0. The van der Waals surface area contributed by atoms with Gasteiger partial charge in [0.2, 0.25) is 12.2 Å². The highest BCUT2D eigenvalue weighted by Gasteiger charge is 2.17. The Morgan fingerprint density at radius 2 is 2.04 bits per heavy atom. The van der Waals surface area contributed by atoms with Gasteiger partial charge in [0, 0.05) is 5.10 Å². The van der Waals surface area contributed by atoms with Gasteiger partial charge in [-0.05, 0) is 28.2 Å². The fraction of sp³-hybridized carbons (Fsp3) is 0.188. The number of rotatable bonds is 5. The van der Waals surface area contributed by atoms with Gasteiger partial charge in [-0.1, -0.05) is 47.4 Å². The third-order valence-corrected chi connectivity index (χ3v) is 3.66. The van der Waals surface area contributed by atoms with Crippen molar-refractivity contribution in [3.63, 3.8) is 0 Å². The van der Waals surface area contributed by atoms with E-state index >= 15 is 0 Å². The summed E-state index contributed by atoms with van der Waals surface area (Å²) in [5.74, 6) is -0.819. The number of carbonyl (C=O) groups is 1. The summed E-state index contributed by atoms with van der Waals surface area (Å²) in [5, 5.41) is 19.2. The second-order valence-electron chi connectivity index (χ2n) is 5.36. The molecule has 0 aliphatic rings. The lowest BCUT2D eigenvalue weighted by molar-refractivity contribution is -0.394. The smallest absolute Gasteiger partial charge is 0.390 e. The second kappa shape index (κ2) is 6.45. The van der Waals surface area contributed by atoms with Crippen LogP contribution in [-0.4, -0.2) is 25.6 Å². The van der Waals surface area contributed by atoms with Crippen LogP contribution in [0.5, 0.6) is 0 Å². The zero-order valence-corrected chi connectivity index (χ0v) is 12.9. The minimum atomic E-state index is -0.701. The molecule has 1 atom stereocenters. The molecule has 0 aliphatic heterocycles. The van der Waals surface area contributed by atoms with E-state index in [9.17, 15) is 14.9 Å². The first kappa shape index (κ1) is 15.6. The van der Waals surface area contributed by atoms with Crippen LogP contribution >= 0.6 is 0 Å². The SMILES string of the molecule is CC(NC(=O)Cn1cnc([N+](=O)[O-])n1)c1cccc2ccccc12. The highest BCUT2D eigenvalue weighted by molar-refractivity contribution is 5.86. The Morgan fingerprint density at radius 1 is 1.29 bits per heavy atom. The Labute approximate surface area is 137 Å². The molecule has 24 heavy (non-hydrogen) atoms. The summed E-state index contributed by atoms with van der Waals surface area (Å²) in [6, 6.07) is 13.7. The summed E-state index contributed by atoms with van der Waals surface area (Å²) in [7, 11) is 0. The summed E-state index contributed by atoms with van der Waals surface area (Å²) in [6.07, 6.45) is 1.17. The molecule has 1 aromatic heterocycles. The minimum absolute atomic E-state index is 0.129. The molecule has 1 unspecified atom stereocenters. The molecule has 3 rings (SSSR count). The van der Waals surface area contributed by atoms with Gasteiger partial charge in [-0.3, -0.25) is 4.79 Å². The van der Waals surface area contributed by atoms with Gasteiger partial charge in [0.15, 0.2) is 0 Å². The third kappa shape index (κ3) is 3.22. The highest BCUT2D eigenvalue weighted by atomic mass is 16.6. The van der Waals surface area contributed by atoms with Crippen molar-refractivity contribution in [2.24, 2.45) is 0 Å². The first-order chi connectivity index (χ1) is 11.5. The van der Waals surface area contributed by atoms with Gasteiger partial charge in [-0.2, -0.15) is 4.68 Å². The van der Waals surface area contributed by atoms with E-state index in [0.29, 0.717) is 0 Å². The fourth-order valence-corrected chi connectivity index (χ4v) is 2.58. The summed E-state index contributed by atoms with van der Waals surface area (Å²) in [5.41, 5.74) is 1.01. The van der Waals surface area contributed by atoms with E-state index in [1.165, 1.54) is 6.33 Å². The molecule has 1 heterocycles. The van der Waals surface area contributed by atoms with Crippen LogP contribution in [0.25, 0.3) is 10.8 Å². The number of aromatic nitrogens is 3.